The zero-order chi connectivity index (χ0) is 16.3. The molecule has 1 aromatic rings. The molecule has 6 heteroatoms. The van der Waals surface area contributed by atoms with Crippen LogP contribution >= 0.6 is 11.6 Å². The Morgan fingerprint density at radius 3 is 2.50 bits per heavy atom. The molecule has 1 saturated carbocycles. The molecule has 1 aliphatic carbocycles. The van der Waals surface area contributed by atoms with Crippen molar-refractivity contribution in [1.82, 2.24) is 5.32 Å². The molecule has 22 heavy (non-hydrogen) atoms. The Balaban J connectivity index is 2.08. The molecular formula is C16H18ClF2NO2. The molecule has 1 aliphatic rings. The monoisotopic (exact) mass is 329 g/mol. The highest BCUT2D eigenvalue weighted by molar-refractivity contribution is 6.33. The lowest BCUT2D eigenvalue weighted by atomic mass is 9.87. The number of carbonyl (C=O) groups excluding carboxylic acids is 2. The lowest BCUT2D eigenvalue weighted by Gasteiger charge is -2.26. The number of hydrogen-bond donors (Lipinski definition) is 1. The Labute approximate surface area is 133 Å². The molecule has 3 nitrogen and oxygen atoms in total. The number of nitrogens with one attached hydrogen (secondary N) is 1. The van der Waals surface area contributed by atoms with E-state index in [4.69, 9.17) is 11.6 Å². The Kier molecular flexibility index (Phi) is 5.16. The van der Waals surface area contributed by atoms with Crippen molar-refractivity contribution in [2.24, 2.45) is 5.92 Å². The minimum absolute atomic E-state index is 0.0504. The van der Waals surface area contributed by atoms with Gasteiger partial charge in [-0.2, -0.15) is 0 Å². The van der Waals surface area contributed by atoms with Gasteiger partial charge in [0.25, 0.3) is 11.8 Å². The first-order valence-corrected chi connectivity index (χ1v) is 7.63. The summed E-state index contributed by atoms with van der Waals surface area (Å²) in [5.74, 6) is -3.42. The number of alkyl halides is 2. The van der Waals surface area contributed by atoms with E-state index in [0.29, 0.717) is 12.8 Å². The van der Waals surface area contributed by atoms with Crippen molar-refractivity contribution in [3.05, 3.63) is 34.3 Å². The first kappa shape index (κ1) is 16.9. The number of benzene rings is 1. The molecule has 0 saturated heterocycles. The number of carbonyl (C=O) groups is 2. The summed E-state index contributed by atoms with van der Waals surface area (Å²) in [6, 6.07) is 3.61. The van der Waals surface area contributed by atoms with Gasteiger partial charge in [-0.15, -0.1) is 0 Å². The normalized spacial score (nSPS) is 22.2. The molecule has 1 aromatic carbocycles. The summed E-state index contributed by atoms with van der Waals surface area (Å²) >= 11 is 5.95. The van der Waals surface area contributed by atoms with E-state index >= 15 is 0 Å². The van der Waals surface area contributed by atoms with E-state index in [1.165, 1.54) is 12.1 Å². The van der Waals surface area contributed by atoms with Gasteiger partial charge < -0.3 is 10.1 Å². The third-order valence-corrected chi connectivity index (χ3v) is 4.35. The number of halogens is 3. The lowest BCUT2D eigenvalue weighted by Crippen LogP contribution is -2.38. The standard InChI is InChI=1S/C16H18ClF2NO2/c1-16(18,19)11-4-7-14(17)13(8-11)15(22)20-12-5-2-10(9-21)3-6-12/h4,7-10,12H,2-3,5-6H2,1H3,(H,20,22). The van der Waals surface area contributed by atoms with E-state index in [-0.39, 0.29) is 28.1 Å². The third kappa shape index (κ3) is 4.03. The second kappa shape index (κ2) is 6.73. The first-order valence-electron chi connectivity index (χ1n) is 7.25. The van der Waals surface area contributed by atoms with E-state index in [0.717, 1.165) is 32.1 Å². The fourth-order valence-corrected chi connectivity index (χ4v) is 2.84. The third-order valence-electron chi connectivity index (χ3n) is 4.02. The Hall–Kier alpha value is -1.49. The molecule has 2 rings (SSSR count). The van der Waals surface area contributed by atoms with Crippen LogP contribution in [0.3, 0.4) is 0 Å². The number of hydrogen-bond acceptors (Lipinski definition) is 2. The van der Waals surface area contributed by atoms with Crippen LogP contribution in [0.2, 0.25) is 5.02 Å². The average molecular weight is 330 g/mol. The minimum atomic E-state index is -3.03. The maximum absolute atomic E-state index is 13.4. The molecule has 0 spiro atoms. The SMILES string of the molecule is CC(F)(F)c1ccc(Cl)c(C(=O)NC2CCC(C=O)CC2)c1. The average Bonchev–Trinajstić information content (AvgIpc) is 2.47. The second-order valence-electron chi connectivity index (χ2n) is 5.80. The number of amides is 1. The fraction of sp³-hybridized carbons (Fsp3) is 0.500. The van der Waals surface area contributed by atoms with Crippen molar-refractivity contribution >= 4 is 23.8 Å². The fourth-order valence-electron chi connectivity index (χ4n) is 2.64. The van der Waals surface area contributed by atoms with E-state index < -0.39 is 11.8 Å². The van der Waals surface area contributed by atoms with Crippen LogP contribution in [0.5, 0.6) is 0 Å². The highest BCUT2D eigenvalue weighted by Gasteiger charge is 2.27. The summed E-state index contributed by atoms with van der Waals surface area (Å²) < 4.78 is 26.7. The van der Waals surface area contributed by atoms with Gasteiger partial charge >= 0.3 is 0 Å². The Bertz CT molecular complexity index is 564. The highest BCUT2D eigenvalue weighted by atomic mass is 35.5. The van der Waals surface area contributed by atoms with Crippen molar-refractivity contribution in [3.8, 4) is 0 Å². The van der Waals surface area contributed by atoms with Gasteiger partial charge in [-0.3, -0.25) is 4.79 Å². The van der Waals surface area contributed by atoms with E-state index in [9.17, 15) is 18.4 Å². The second-order valence-corrected chi connectivity index (χ2v) is 6.21. The summed E-state index contributed by atoms with van der Waals surface area (Å²) in [4.78, 5) is 23.0. The Morgan fingerprint density at radius 2 is 1.95 bits per heavy atom. The summed E-state index contributed by atoms with van der Waals surface area (Å²) in [5.41, 5.74) is -0.190. The quantitative estimate of drug-likeness (QED) is 0.850. The van der Waals surface area contributed by atoms with Crippen LogP contribution in [0.15, 0.2) is 18.2 Å². The van der Waals surface area contributed by atoms with Crippen molar-refractivity contribution in [2.45, 2.75) is 44.6 Å². The maximum atomic E-state index is 13.4. The van der Waals surface area contributed by atoms with Gasteiger partial charge in [-0.05, 0) is 37.8 Å². The maximum Gasteiger partial charge on any atom is 0.270 e. The van der Waals surface area contributed by atoms with Gasteiger partial charge in [0.2, 0.25) is 0 Å². The molecule has 0 radical (unpaired) electrons. The summed E-state index contributed by atoms with van der Waals surface area (Å²) in [7, 11) is 0. The van der Waals surface area contributed by atoms with E-state index in [2.05, 4.69) is 5.32 Å². The predicted molar refractivity (Wildman–Crippen MR) is 80.3 cm³/mol. The van der Waals surface area contributed by atoms with Crippen LogP contribution in [0.4, 0.5) is 8.78 Å². The molecule has 0 bridgehead atoms. The lowest BCUT2D eigenvalue weighted by molar-refractivity contribution is -0.111. The minimum Gasteiger partial charge on any atom is -0.349 e. The first-order chi connectivity index (χ1) is 10.3. The van der Waals surface area contributed by atoms with Gasteiger partial charge in [-0.1, -0.05) is 17.7 Å². The number of aldehydes is 1. The van der Waals surface area contributed by atoms with Crippen molar-refractivity contribution < 1.29 is 18.4 Å². The Morgan fingerprint density at radius 1 is 1.32 bits per heavy atom. The molecule has 1 N–H and O–H groups in total. The molecule has 0 aliphatic heterocycles. The predicted octanol–water partition coefficient (Wildman–Crippen LogP) is 3.94. The van der Waals surface area contributed by atoms with Crippen LogP contribution < -0.4 is 5.32 Å². The largest absolute Gasteiger partial charge is 0.349 e. The molecule has 1 fully saturated rings. The van der Waals surface area contributed by atoms with Crippen molar-refractivity contribution in [2.75, 3.05) is 0 Å². The van der Waals surface area contributed by atoms with Crippen LogP contribution in [0, 0.1) is 5.92 Å². The van der Waals surface area contributed by atoms with Crippen molar-refractivity contribution in [1.29, 1.82) is 0 Å². The number of rotatable bonds is 4. The summed E-state index contributed by atoms with van der Waals surface area (Å²) in [5, 5.41) is 2.96. The van der Waals surface area contributed by atoms with Gasteiger partial charge in [0.1, 0.15) is 6.29 Å². The van der Waals surface area contributed by atoms with Gasteiger partial charge in [-0.25, -0.2) is 8.78 Å². The van der Waals surface area contributed by atoms with Crippen LogP contribution in [-0.4, -0.2) is 18.2 Å². The van der Waals surface area contributed by atoms with Crippen LogP contribution in [0.25, 0.3) is 0 Å². The molecule has 0 heterocycles. The van der Waals surface area contributed by atoms with E-state index in [1.807, 2.05) is 0 Å². The molecule has 0 aromatic heterocycles. The van der Waals surface area contributed by atoms with Gasteiger partial charge in [0.05, 0.1) is 10.6 Å². The molecule has 0 unspecified atom stereocenters. The highest BCUT2D eigenvalue weighted by Crippen LogP contribution is 2.30. The van der Waals surface area contributed by atoms with Crippen LogP contribution in [0.1, 0.15) is 48.5 Å². The molecular weight excluding hydrogens is 312 g/mol. The molecule has 1 amide bonds. The summed E-state index contributed by atoms with van der Waals surface area (Å²) in [6.45, 7) is 0.776. The van der Waals surface area contributed by atoms with Crippen molar-refractivity contribution in [3.63, 3.8) is 0 Å². The smallest absolute Gasteiger partial charge is 0.270 e. The topological polar surface area (TPSA) is 46.2 Å². The molecule has 0 atom stereocenters. The summed E-state index contributed by atoms with van der Waals surface area (Å²) in [6.07, 6.45) is 3.82. The zero-order valence-electron chi connectivity index (χ0n) is 12.2. The van der Waals surface area contributed by atoms with Gasteiger partial charge in [0.15, 0.2) is 0 Å². The zero-order valence-corrected chi connectivity index (χ0v) is 13.0. The van der Waals surface area contributed by atoms with Crippen LogP contribution in [-0.2, 0) is 10.7 Å². The van der Waals surface area contributed by atoms with Gasteiger partial charge in [0, 0.05) is 24.4 Å². The molecule has 120 valence electrons. The van der Waals surface area contributed by atoms with E-state index in [1.54, 1.807) is 0 Å².